The van der Waals surface area contributed by atoms with E-state index in [1.807, 2.05) is 25.1 Å². The summed E-state index contributed by atoms with van der Waals surface area (Å²) in [6.45, 7) is 9.65. The molecule has 2 aromatic heterocycles. The number of furan rings is 1. The number of carbonyl (C=O) groups is 1. The molecule has 0 spiro atoms. The number of hydrogen-bond donors (Lipinski definition) is 3. The van der Waals surface area contributed by atoms with Crippen LogP contribution in [0.3, 0.4) is 0 Å². The summed E-state index contributed by atoms with van der Waals surface area (Å²) < 4.78 is 8.46. The van der Waals surface area contributed by atoms with Gasteiger partial charge in [-0.1, -0.05) is 18.2 Å². The van der Waals surface area contributed by atoms with Gasteiger partial charge in [0.2, 0.25) is 0 Å². The molecule has 4 N–H and O–H groups in total. The van der Waals surface area contributed by atoms with E-state index in [1.54, 1.807) is 0 Å². The molecule has 9 nitrogen and oxygen atoms in total. The number of nitrogens with two attached hydrogens (primary N) is 1. The summed E-state index contributed by atoms with van der Waals surface area (Å²) in [4.78, 5) is 12.1. The Labute approximate surface area is 203 Å². The van der Waals surface area contributed by atoms with Crippen LogP contribution in [0.1, 0.15) is 67.1 Å². The smallest absolute Gasteiger partial charge is 0.261 e. The molecule has 0 bridgehead atoms. The molecular formula is C26H29N7O2. The molecule has 9 heteroatoms. The van der Waals surface area contributed by atoms with Crippen molar-refractivity contribution in [2.45, 2.75) is 64.6 Å². The number of nitriles is 1. The van der Waals surface area contributed by atoms with Gasteiger partial charge in [0.25, 0.3) is 5.91 Å². The fourth-order valence-electron chi connectivity index (χ4n) is 5.12. The van der Waals surface area contributed by atoms with Crippen LogP contribution in [0.25, 0.3) is 22.4 Å². The van der Waals surface area contributed by atoms with Crippen molar-refractivity contribution < 1.29 is 9.21 Å². The van der Waals surface area contributed by atoms with E-state index in [1.165, 1.54) is 5.56 Å². The van der Waals surface area contributed by atoms with Crippen molar-refractivity contribution in [1.82, 2.24) is 20.5 Å². The molecule has 1 saturated carbocycles. The molecule has 35 heavy (non-hydrogen) atoms. The largest absolute Gasteiger partial charge is 0.454 e. The van der Waals surface area contributed by atoms with Crippen molar-refractivity contribution in [3.05, 3.63) is 52.7 Å². The highest BCUT2D eigenvalue weighted by Crippen LogP contribution is 2.41. The Kier molecular flexibility index (Phi) is 5.59. The van der Waals surface area contributed by atoms with Crippen molar-refractivity contribution in [2.75, 3.05) is 0 Å². The molecule has 1 amide bonds. The van der Waals surface area contributed by atoms with Gasteiger partial charge in [0, 0.05) is 17.0 Å². The predicted octanol–water partition coefficient (Wildman–Crippen LogP) is 3.88. The molecule has 3 aromatic rings. The van der Waals surface area contributed by atoms with Crippen LogP contribution in [-0.2, 0) is 4.79 Å². The number of nitrogens with zero attached hydrogens (tertiary/aromatic N) is 4. The van der Waals surface area contributed by atoms with Crippen LogP contribution in [0.5, 0.6) is 0 Å². The number of hydrogen-bond acceptors (Lipinski definition) is 7. The van der Waals surface area contributed by atoms with E-state index in [0.717, 1.165) is 64.9 Å². The Balaban J connectivity index is 1.54. The number of nitrogens with one attached hydrogen (secondary N) is 2. The van der Waals surface area contributed by atoms with Gasteiger partial charge in [-0.15, -0.1) is 0 Å². The monoisotopic (exact) mass is 471 g/mol. The molecule has 3 heterocycles. The summed E-state index contributed by atoms with van der Waals surface area (Å²) in [5.74, 6) is 0.752. The maximum Gasteiger partial charge on any atom is 0.261 e. The molecule has 1 fully saturated rings. The van der Waals surface area contributed by atoms with Crippen molar-refractivity contribution in [2.24, 2.45) is 10.8 Å². The maximum absolute atomic E-state index is 12.1. The minimum absolute atomic E-state index is 0.000575. The number of aromatic nitrogens is 2. The molecule has 1 aliphatic heterocycles. The van der Waals surface area contributed by atoms with Gasteiger partial charge in [-0.2, -0.15) is 15.5 Å². The lowest BCUT2D eigenvalue weighted by molar-refractivity contribution is -0.118. The van der Waals surface area contributed by atoms with Crippen molar-refractivity contribution in [3.63, 3.8) is 0 Å². The number of rotatable bonds is 4. The molecule has 0 radical (unpaired) electrons. The summed E-state index contributed by atoms with van der Waals surface area (Å²) >= 11 is 0. The first kappa shape index (κ1) is 22.7. The minimum atomic E-state index is -0.400. The van der Waals surface area contributed by atoms with Gasteiger partial charge in [0.1, 0.15) is 22.9 Å². The third kappa shape index (κ3) is 3.85. The molecule has 1 aromatic carbocycles. The van der Waals surface area contributed by atoms with Crippen LogP contribution in [0, 0.1) is 25.2 Å². The number of amidine groups is 1. The SMILES string of the molecule is C=C(C#N)C(=O)NC1CCC(n2nc3c(c2-c2oc4ccc(C)cc4c2C)C(N)=NNC3C)CC1. The summed E-state index contributed by atoms with van der Waals surface area (Å²) in [5.41, 5.74) is 14.9. The highest BCUT2D eigenvalue weighted by molar-refractivity contribution is 6.05. The summed E-state index contributed by atoms with van der Waals surface area (Å²) in [5, 5.41) is 22.3. The summed E-state index contributed by atoms with van der Waals surface area (Å²) in [6.07, 6.45) is 3.17. The lowest BCUT2D eigenvalue weighted by Crippen LogP contribution is -2.38. The molecule has 5 rings (SSSR count). The number of benzene rings is 1. The van der Waals surface area contributed by atoms with Gasteiger partial charge in [-0.25, -0.2) is 0 Å². The van der Waals surface area contributed by atoms with Gasteiger partial charge >= 0.3 is 0 Å². The zero-order chi connectivity index (χ0) is 24.9. The van der Waals surface area contributed by atoms with Crippen LogP contribution in [-0.4, -0.2) is 27.6 Å². The molecule has 1 atom stereocenters. The zero-order valence-corrected chi connectivity index (χ0v) is 20.2. The summed E-state index contributed by atoms with van der Waals surface area (Å²) in [7, 11) is 0. The number of hydrazone groups is 1. The lowest BCUT2D eigenvalue weighted by Gasteiger charge is -2.30. The van der Waals surface area contributed by atoms with E-state index in [0.29, 0.717) is 5.84 Å². The van der Waals surface area contributed by atoms with Gasteiger partial charge < -0.3 is 15.5 Å². The third-order valence-corrected chi connectivity index (χ3v) is 7.08. The minimum Gasteiger partial charge on any atom is -0.454 e. The number of fused-ring (bicyclic) bond motifs is 2. The van der Waals surface area contributed by atoms with Crippen LogP contribution in [0.2, 0.25) is 0 Å². The zero-order valence-electron chi connectivity index (χ0n) is 20.2. The van der Waals surface area contributed by atoms with Gasteiger partial charge in [0.05, 0.1) is 23.3 Å². The van der Waals surface area contributed by atoms with E-state index >= 15 is 0 Å². The maximum atomic E-state index is 12.1. The standard InChI is InChI=1S/C26H29N7O2/c1-13-5-10-20-19(11-13)15(3)24(35-20)23-21-22(16(4)30-31-25(21)28)32-33(23)18-8-6-17(7-9-18)29-26(34)14(2)12-27/h5,10-11,16-18,30H,2,6-9H2,1,3-4H3,(H2,28,31)(H,29,34). The quantitative estimate of drug-likeness (QED) is 0.390. The van der Waals surface area contributed by atoms with Crippen LogP contribution in [0.4, 0.5) is 0 Å². The fraction of sp³-hybridized carbons (Fsp3) is 0.385. The Hall–Kier alpha value is -4.06. The van der Waals surface area contributed by atoms with Crippen LogP contribution in [0.15, 0.2) is 39.9 Å². The highest BCUT2D eigenvalue weighted by Gasteiger charge is 2.35. The first-order valence-electron chi connectivity index (χ1n) is 11.9. The fourth-order valence-corrected chi connectivity index (χ4v) is 5.12. The molecular weight excluding hydrogens is 442 g/mol. The average molecular weight is 472 g/mol. The topological polar surface area (TPSA) is 134 Å². The lowest BCUT2D eigenvalue weighted by atomic mass is 9.90. The van der Waals surface area contributed by atoms with E-state index in [4.69, 9.17) is 20.5 Å². The van der Waals surface area contributed by atoms with Gasteiger partial charge in [-0.05, 0) is 58.6 Å². The second kappa shape index (κ2) is 8.62. The van der Waals surface area contributed by atoms with Crippen LogP contribution < -0.4 is 16.5 Å². The Morgan fingerprint density at radius 2 is 2.06 bits per heavy atom. The van der Waals surface area contributed by atoms with Crippen molar-refractivity contribution in [1.29, 1.82) is 5.26 Å². The second-order valence-corrected chi connectivity index (χ2v) is 9.53. The molecule has 2 aliphatic rings. The number of amides is 1. The average Bonchev–Trinajstić information content (AvgIpc) is 3.40. The summed E-state index contributed by atoms with van der Waals surface area (Å²) in [6, 6.07) is 8.01. The second-order valence-electron chi connectivity index (χ2n) is 9.53. The first-order valence-corrected chi connectivity index (χ1v) is 11.9. The van der Waals surface area contributed by atoms with Crippen LogP contribution >= 0.6 is 0 Å². The normalized spacial score (nSPS) is 21.5. The third-order valence-electron chi connectivity index (χ3n) is 7.08. The Morgan fingerprint density at radius 1 is 1.31 bits per heavy atom. The Morgan fingerprint density at radius 3 is 2.77 bits per heavy atom. The van der Waals surface area contributed by atoms with Gasteiger partial charge in [0.15, 0.2) is 11.6 Å². The highest BCUT2D eigenvalue weighted by atomic mass is 16.3. The Bertz CT molecular complexity index is 1410. The van der Waals surface area contributed by atoms with E-state index in [9.17, 15) is 4.79 Å². The van der Waals surface area contributed by atoms with E-state index in [2.05, 4.69) is 47.0 Å². The number of aryl methyl sites for hydroxylation is 2. The van der Waals surface area contributed by atoms with E-state index < -0.39 is 5.91 Å². The first-order chi connectivity index (χ1) is 16.8. The number of carbonyl (C=O) groups excluding carboxylic acids is 1. The molecule has 1 unspecified atom stereocenters. The molecule has 1 aliphatic carbocycles. The molecule has 0 saturated heterocycles. The van der Waals surface area contributed by atoms with Crippen molar-refractivity contribution >= 4 is 22.7 Å². The molecule has 180 valence electrons. The predicted molar refractivity (Wildman–Crippen MR) is 133 cm³/mol. The van der Waals surface area contributed by atoms with Gasteiger partial charge in [-0.3, -0.25) is 14.9 Å². The van der Waals surface area contributed by atoms with E-state index in [-0.39, 0.29) is 23.7 Å². The van der Waals surface area contributed by atoms with Crippen molar-refractivity contribution in [3.8, 4) is 17.5 Å².